The molecule has 0 spiro atoms. The van der Waals surface area contributed by atoms with Crippen LogP contribution in [0.1, 0.15) is 24.4 Å². The van der Waals surface area contributed by atoms with Gasteiger partial charge in [-0.1, -0.05) is 12.1 Å². The summed E-state index contributed by atoms with van der Waals surface area (Å²) < 4.78 is 13.3. The molecule has 1 saturated heterocycles. The molecule has 0 saturated carbocycles. The average molecular weight is 293 g/mol. The van der Waals surface area contributed by atoms with Gasteiger partial charge < -0.3 is 15.1 Å². The Morgan fingerprint density at radius 2 is 2.29 bits per heavy atom. The van der Waals surface area contributed by atoms with Gasteiger partial charge in [0.25, 0.3) is 0 Å². The number of nitrogens with one attached hydrogen (secondary N) is 1. The van der Waals surface area contributed by atoms with Crippen LogP contribution in [0.2, 0.25) is 0 Å². The van der Waals surface area contributed by atoms with Crippen molar-refractivity contribution in [3.8, 4) is 0 Å². The second kappa shape index (κ2) is 7.87. The van der Waals surface area contributed by atoms with E-state index in [0.717, 1.165) is 31.0 Å². The predicted molar refractivity (Wildman–Crippen MR) is 85.9 cm³/mol. The lowest BCUT2D eigenvalue weighted by Gasteiger charge is -2.24. The van der Waals surface area contributed by atoms with Gasteiger partial charge in [-0.25, -0.2) is 4.39 Å². The molecule has 1 aliphatic heterocycles. The molecule has 0 bridgehead atoms. The molecule has 0 amide bonds. The summed E-state index contributed by atoms with van der Waals surface area (Å²) in [7, 11) is 6.33. The van der Waals surface area contributed by atoms with E-state index in [0.29, 0.717) is 0 Å². The van der Waals surface area contributed by atoms with Crippen molar-refractivity contribution in [2.75, 3.05) is 47.3 Å². The van der Waals surface area contributed by atoms with Gasteiger partial charge >= 0.3 is 0 Å². The maximum absolute atomic E-state index is 13.3. The van der Waals surface area contributed by atoms with Crippen LogP contribution in [-0.4, -0.2) is 57.1 Å². The first-order valence-electron chi connectivity index (χ1n) is 7.88. The number of benzene rings is 1. The molecule has 2 atom stereocenters. The molecule has 1 heterocycles. The molecule has 0 radical (unpaired) electrons. The van der Waals surface area contributed by atoms with Gasteiger partial charge in [0, 0.05) is 19.1 Å². The first-order chi connectivity index (χ1) is 10.1. The number of hydrogen-bond acceptors (Lipinski definition) is 3. The quantitative estimate of drug-likeness (QED) is 0.832. The Balaban J connectivity index is 1.79. The van der Waals surface area contributed by atoms with Gasteiger partial charge in [0.2, 0.25) is 0 Å². The summed E-state index contributed by atoms with van der Waals surface area (Å²) in [4.78, 5) is 4.81. The molecule has 1 aromatic rings. The fourth-order valence-corrected chi connectivity index (χ4v) is 3.26. The molecule has 1 fully saturated rings. The highest BCUT2D eigenvalue weighted by atomic mass is 19.1. The van der Waals surface area contributed by atoms with Gasteiger partial charge in [0.1, 0.15) is 5.82 Å². The van der Waals surface area contributed by atoms with E-state index in [-0.39, 0.29) is 11.9 Å². The fraction of sp³-hybridized carbons (Fsp3) is 0.647. The Morgan fingerprint density at radius 3 is 2.90 bits per heavy atom. The van der Waals surface area contributed by atoms with Crippen molar-refractivity contribution in [3.05, 3.63) is 35.6 Å². The molecule has 1 aromatic carbocycles. The van der Waals surface area contributed by atoms with E-state index >= 15 is 0 Å². The lowest BCUT2D eigenvalue weighted by Crippen LogP contribution is -2.30. The van der Waals surface area contributed by atoms with E-state index in [9.17, 15) is 4.39 Å². The Labute approximate surface area is 128 Å². The summed E-state index contributed by atoms with van der Waals surface area (Å²) in [5, 5.41) is 3.30. The minimum atomic E-state index is -0.157. The smallest absolute Gasteiger partial charge is 0.123 e. The van der Waals surface area contributed by atoms with Crippen molar-refractivity contribution in [2.24, 2.45) is 5.92 Å². The molecule has 2 rings (SSSR count). The van der Waals surface area contributed by atoms with Crippen LogP contribution in [0.3, 0.4) is 0 Å². The molecule has 1 N–H and O–H groups in total. The van der Waals surface area contributed by atoms with E-state index < -0.39 is 0 Å². The first-order valence-corrected chi connectivity index (χ1v) is 7.88. The fourth-order valence-electron chi connectivity index (χ4n) is 3.26. The lowest BCUT2D eigenvalue weighted by atomic mass is 10.0. The van der Waals surface area contributed by atoms with Crippen LogP contribution >= 0.6 is 0 Å². The van der Waals surface area contributed by atoms with Crippen LogP contribution < -0.4 is 5.32 Å². The normalized spacial score (nSPS) is 21.1. The molecule has 2 unspecified atom stereocenters. The predicted octanol–water partition coefficient (Wildman–Crippen LogP) is 2.36. The highest BCUT2D eigenvalue weighted by molar-refractivity contribution is 5.20. The van der Waals surface area contributed by atoms with Crippen molar-refractivity contribution in [1.29, 1.82) is 0 Å². The highest BCUT2D eigenvalue weighted by Crippen LogP contribution is 2.19. The minimum Gasteiger partial charge on any atom is -0.313 e. The van der Waals surface area contributed by atoms with Crippen LogP contribution in [0.15, 0.2) is 24.3 Å². The van der Waals surface area contributed by atoms with Crippen LogP contribution in [0.4, 0.5) is 4.39 Å². The van der Waals surface area contributed by atoms with Crippen LogP contribution in [0, 0.1) is 11.7 Å². The van der Waals surface area contributed by atoms with E-state index in [1.54, 1.807) is 12.1 Å². The van der Waals surface area contributed by atoms with E-state index in [4.69, 9.17) is 0 Å². The van der Waals surface area contributed by atoms with Gasteiger partial charge in [-0.15, -0.1) is 0 Å². The van der Waals surface area contributed by atoms with Crippen molar-refractivity contribution in [2.45, 2.75) is 18.9 Å². The third-order valence-electron chi connectivity index (χ3n) is 4.46. The number of halogens is 1. The van der Waals surface area contributed by atoms with Crippen LogP contribution in [0.5, 0.6) is 0 Å². The summed E-state index contributed by atoms with van der Waals surface area (Å²) >= 11 is 0. The van der Waals surface area contributed by atoms with Crippen molar-refractivity contribution in [3.63, 3.8) is 0 Å². The molecule has 4 heteroatoms. The Hall–Kier alpha value is -0.970. The van der Waals surface area contributed by atoms with Gasteiger partial charge in [0.05, 0.1) is 0 Å². The minimum absolute atomic E-state index is 0.157. The summed E-state index contributed by atoms with van der Waals surface area (Å²) in [6, 6.07) is 7.13. The molecular formula is C17H28FN3. The van der Waals surface area contributed by atoms with Gasteiger partial charge in [-0.2, -0.15) is 0 Å². The van der Waals surface area contributed by atoms with Crippen molar-refractivity contribution < 1.29 is 4.39 Å². The third kappa shape index (κ3) is 5.06. The summed E-state index contributed by atoms with van der Waals surface area (Å²) in [5.41, 5.74) is 1.03. The zero-order valence-corrected chi connectivity index (χ0v) is 13.5. The summed E-state index contributed by atoms with van der Waals surface area (Å²) in [6.45, 7) is 4.62. The Morgan fingerprint density at radius 1 is 1.48 bits per heavy atom. The van der Waals surface area contributed by atoms with Crippen LogP contribution in [0.25, 0.3) is 0 Å². The maximum atomic E-state index is 13.3. The van der Waals surface area contributed by atoms with Crippen molar-refractivity contribution >= 4 is 0 Å². The summed E-state index contributed by atoms with van der Waals surface area (Å²) in [6.07, 6.45) is 2.30. The SMILES string of the molecule is CNC(CCN(C)CC1CCN(C)C1)c1cccc(F)c1. The number of likely N-dealkylation sites (tertiary alicyclic amines) is 1. The zero-order chi connectivity index (χ0) is 15.2. The number of rotatable bonds is 7. The second-order valence-electron chi connectivity index (χ2n) is 6.36. The molecule has 0 aromatic heterocycles. The van der Waals surface area contributed by atoms with Gasteiger partial charge in [-0.05, 0) is 70.7 Å². The monoisotopic (exact) mass is 293 g/mol. The van der Waals surface area contributed by atoms with Crippen LogP contribution in [-0.2, 0) is 0 Å². The Kier molecular flexibility index (Phi) is 6.15. The third-order valence-corrected chi connectivity index (χ3v) is 4.46. The molecule has 118 valence electrons. The molecule has 1 aliphatic rings. The Bertz CT molecular complexity index is 438. The number of hydrogen-bond donors (Lipinski definition) is 1. The lowest BCUT2D eigenvalue weighted by molar-refractivity contribution is 0.261. The molecule has 3 nitrogen and oxygen atoms in total. The zero-order valence-electron chi connectivity index (χ0n) is 13.5. The van der Waals surface area contributed by atoms with Crippen molar-refractivity contribution in [1.82, 2.24) is 15.1 Å². The molecular weight excluding hydrogens is 265 g/mol. The largest absolute Gasteiger partial charge is 0.313 e. The highest BCUT2D eigenvalue weighted by Gasteiger charge is 2.21. The molecule has 0 aliphatic carbocycles. The molecule has 21 heavy (non-hydrogen) atoms. The summed E-state index contributed by atoms with van der Waals surface area (Å²) in [5.74, 6) is 0.636. The first kappa shape index (κ1) is 16.4. The van der Waals surface area contributed by atoms with E-state index in [1.807, 2.05) is 13.1 Å². The second-order valence-corrected chi connectivity index (χ2v) is 6.36. The standard InChI is InChI=1S/C17H28FN3/c1-19-17(15-5-4-6-16(18)11-15)8-10-21(3)13-14-7-9-20(2)12-14/h4-6,11,14,17,19H,7-10,12-13H2,1-3H3. The van der Waals surface area contributed by atoms with Gasteiger partial charge in [0.15, 0.2) is 0 Å². The van der Waals surface area contributed by atoms with Gasteiger partial charge in [-0.3, -0.25) is 0 Å². The maximum Gasteiger partial charge on any atom is 0.123 e. The average Bonchev–Trinajstić information content (AvgIpc) is 2.85. The van der Waals surface area contributed by atoms with E-state index in [1.165, 1.54) is 25.6 Å². The number of nitrogens with zero attached hydrogens (tertiary/aromatic N) is 2. The van der Waals surface area contributed by atoms with E-state index in [2.05, 4.69) is 29.2 Å². The topological polar surface area (TPSA) is 18.5 Å².